The molecule has 0 heterocycles. The van der Waals surface area contributed by atoms with E-state index in [1.807, 2.05) is 21.1 Å². The van der Waals surface area contributed by atoms with Gasteiger partial charge in [0, 0.05) is 12.8 Å². The number of carbonyl (C=O) groups is 2. The smallest absolute Gasteiger partial charge is 0.462 e. The number of carbonyl (C=O) groups excluding carboxylic acids is 2. The predicted molar refractivity (Wildman–Crippen MR) is 427 cm³/mol. The van der Waals surface area contributed by atoms with Gasteiger partial charge in [-0.1, -0.05) is 421 Å². The van der Waals surface area contributed by atoms with Gasteiger partial charge in [0.15, 0.2) is 6.10 Å². The molecule has 10 heteroatoms. The van der Waals surface area contributed by atoms with Crippen LogP contribution in [0.2, 0.25) is 0 Å². The third-order valence-corrected chi connectivity index (χ3v) is 20.2. The highest BCUT2D eigenvalue weighted by Crippen LogP contribution is 2.43. The van der Waals surface area contributed by atoms with Gasteiger partial charge >= 0.3 is 19.8 Å². The summed E-state index contributed by atoms with van der Waals surface area (Å²) >= 11 is 0. The van der Waals surface area contributed by atoms with Crippen molar-refractivity contribution in [3.8, 4) is 0 Å². The number of hydrogen-bond donors (Lipinski definition) is 1. The average molecular weight is 1400 g/mol. The summed E-state index contributed by atoms with van der Waals surface area (Å²) in [6, 6.07) is 0. The lowest BCUT2D eigenvalue weighted by Crippen LogP contribution is -2.37. The maximum atomic E-state index is 12.9. The molecule has 0 fully saturated rings. The molecule has 0 amide bonds. The van der Waals surface area contributed by atoms with Crippen molar-refractivity contribution in [2.75, 3.05) is 47.5 Å². The van der Waals surface area contributed by atoms with Crippen molar-refractivity contribution in [2.45, 2.75) is 431 Å². The summed E-state index contributed by atoms with van der Waals surface area (Å²) in [4.78, 5) is 36.0. The van der Waals surface area contributed by atoms with E-state index < -0.39 is 26.5 Å². The number of allylic oxidation sites excluding steroid dienone is 12. The van der Waals surface area contributed by atoms with E-state index in [1.54, 1.807) is 0 Å². The van der Waals surface area contributed by atoms with Crippen LogP contribution in [0, 0.1) is 0 Å². The van der Waals surface area contributed by atoms with Crippen LogP contribution in [0.5, 0.6) is 0 Å². The highest BCUT2D eigenvalue weighted by atomic mass is 31.2. The number of likely N-dealkylation sites (N-methyl/N-ethyl adjacent to an activating group) is 1. The van der Waals surface area contributed by atoms with E-state index in [-0.39, 0.29) is 25.6 Å². The number of unbranched alkanes of at least 4 members (excludes halogenated alkanes) is 54. The Morgan fingerprint density at radius 1 is 0.327 bits per heavy atom. The Kier molecular flexibility index (Phi) is 76.5. The molecule has 2 unspecified atom stereocenters. The Morgan fingerprint density at radius 2 is 0.582 bits per heavy atom. The van der Waals surface area contributed by atoms with Gasteiger partial charge in [-0.3, -0.25) is 18.6 Å². The van der Waals surface area contributed by atoms with Crippen LogP contribution in [0.3, 0.4) is 0 Å². The van der Waals surface area contributed by atoms with Crippen molar-refractivity contribution in [2.24, 2.45) is 0 Å². The Morgan fingerprint density at radius 3 is 0.867 bits per heavy atom. The van der Waals surface area contributed by atoms with Crippen molar-refractivity contribution >= 4 is 19.8 Å². The fraction of sp³-hybridized carbons (Fsp3) is 0.841. The SMILES string of the molecule is CC/C=C\C/C=C\C/C=C\C/C=C\C/C=C\C/C=C\CCCCCCCCCCCCCCCCC(=O)OC(COC(=O)CCCCCCCCCCCCCCCCCCCCCCCCCCCCCCCCCCCCCCCCCCC)COP(=O)(O)OCC[N+](C)(C)C. The highest BCUT2D eigenvalue weighted by Gasteiger charge is 2.27. The molecule has 0 saturated heterocycles. The normalized spacial score (nSPS) is 13.3. The van der Waals surface area contributed by atoms with Crippen molar-refractivity contribution in [3.05, 3.63) is 72.9 Å². The molecule has 574 valence electrons. The van der Waals surface area contributed by atoms with Crippen LogP contribution in [-0.4, -0.2) is 74.9 Å². The molecule has 0 aromatic rings. The van der Waals surface area contributed by atoms with E-state index in [9.17, 15) is 19.0 Å². The Hall–Kier alpha value is -2.55. The standard InChI is InChI=1S/C88H164NO8P/c1-6-8-10-12-14-16-18-20-22-24-26-28-30-32-34-36-38-40-41-42-43-44-45-46-47-49-50-52-54-56-58-60-62-64-66-68-70-72-74-76-78-80-87(90)94-84-86(85-96-98(92,93)95-83-82-89(3,4)5)97-88(91)81-79-77-75-73-71-69-67-65-63-61-59-57-55-53-51-48-39-37-35-33-31-29-27-25-23-21-19-17-15-13-11-9-7-2/h9,11,15,17,21,23,27,29,33,35,39,48,86H,6-8,10,12-14,16,18-20,22,24-26,28,30-32,34,36-38,40-47,49-85H2,1-5H3/p+1/b11-9-,17-15-,23-21-,29-27-,35-33-,48-39-. The second kappa shape index (κ2) is 78.6. The third kappa shape index (κ3) is 82.4. The first-order chi connectivity index (χ1) is 48.0. The van der Waals surface area contributed by atoms with E-state index >= 15 is 0 Å². The second-order valence-corrected chi connectivity index (χ2v) is 31.7. The van der Waals surface area contributed by atoms with E-state index in [4.69, 9.17) is 18.5 Å². The molecule has 0 aliphatic rings. The Labute approximate surface area is 609 Å². The van der Waals surface area contributed by atoms with Crippen LogP contribution < -0.4 is 0 Å². The maximum absolute atomic E-state index is 12.9. The van der Waals surface area contributed by atoms with Gasteiger partial charge in [0.2, 0.25) is 0 Å². The van der Waals surface area contributed by atoms with Crippen LogP contribution >= 0.6 is 7.82 Å². The second-order valence-electron chi connectivity index (χ2n) is 30.2. The van der Waals surface area contributed by atoms with Crippen LogP contribution in [0.4, 0.5) is 0 Å². The molecular weight excluding hydrogens is 1230 g/mol. The van der Waals surface area contributed by atoms with Crippen molar-refractivity contribution in [1.29, 1.82) is 0 Å². The number of phosphoric ester groups is 1. The van der Waals surface area contributed by atoms with Gasteiger partial charge < -0.3 is 18.9 Å². The van der Waals surface area contributed by atoms with Gasteiger partial charge in [-0.25, -0.2) is 4.57 Å². The monoisotopic (exact) mass is 1400 g/mol. The number of phosphoric acid groups is 1. The lowest BCUT2D eigenvalue weighted by Gasteiger charge is -2.24. The predicted octanol–water partition coefficient (Wildman–Crippen LogP) is 28.6. The number of esters is 2. The first-order valence-electron chi connectivity index (χ1n) is 42.7. The molecule has 0 aromatic carbocycles. The number of rotatable bonds is 80. The molecule has 1 N–H and O–H groups in total. The van der Waals surface area contributed by atoms with Gasteiger partial charge in [-0.05, 0) is 64.2 Å². The van der Waals surface area contributed by atoms with E-state index in [1.165, 1.54) is 315 Å². The topological polar surface area (TPSA) is 108 Å². The Bertz CT molecular complexity index is 1890. The first kappa shape index (κ1) is 95.5. The first-order valence-corrected chi connectivity index (χ1v) is 44.2. The molecule has 0 bridgehead atoms. The van der Waals surface area contributed by atoms with Gasteiger partial charge in [-0.2, -0.15) is 0 Å². The molecule has 0 radical (unpaired) electrons. The largest absolute Gasteiger partial charge is 0.472 e. The molecule has 0 rings (SSSR count). The summed E-state index contributed by atoms with van der Waals surface area (Å²) in [5.74, 6) is -0.779. The number of hydrogen-bond acceptors (Lipinski definition) is 7. The van der Waals surface area contributed by atoms with Gasteiger partial charge in [-0.15, -0.1) is 0 Å². The van der Waals surface area contributed by atoms with E-state index in [0.29, 0.717) is 23.9 Å². The minimum atomic E-state index is -4.40. The number of nitrogens with zero attached hydrogens (tertiary/aromatic N) is 1. The van der Waals surface area contributed by atoms with Crippen molar-refractivity contribution in [1.82, 2.24) is 0 Å². The fourth-order valence-corrected chi connectivity index (χ4v) is 13.5. The van der Waals surface area contributed by atoms with Crippen LogP contribution in [0.1, 0.15) is 425 Å². The summed E-state index contributed by atoms with van der Waals surface area (Å²) in [6.45, 7) is 4.39. The summed E-state index contributed by atoms with van der Waals surface area (Å²) in [6.07, 6.45) is 108. The zero-order valence-corrected chi connectivity index (χ0v) is 66.7. The molecule has 2 atom stereocenters. The molecule has 9 nitrogen and oxygen atoms in total. The molecule has 0 aromatic heterocycles. The number of ether oxygens (including phenoxy) is 2. The molecule has 0 spiro atoms. The summed E-state index contributed by atoms with van der Waals surface area (Å²) < 4.78 is 34.9. The van der Waals surface area contributed by atoms with Gasteiger partial charge in [0.1, 0.15) is 19.8 Å². The number of quaternary nitrogens is 1. The molecule has 0 aliphatic heterocycles. The summed E-state index contributed by atoms with van der Waals surface area (Å²) in [7, 11) is 1.49. The van der Waals surface area contributed by atoms with Crippen LogP contribution in [0.25, 0.3) is 0 Å². The highest BCUT2D eigenvalue weighted by molar-refractivity contribution is 7.47. The fourth-order valence-electron chi connectivity index (χ4n) is 12.8. The Balaban J connectivity index is 3.88. The van der Waals surface area contributed by atoms with Gasteiger partial charge in [0.25, 0.3) is 0 Å². The van der Waals surface area contributed by atoms with E-state index in [0.717, 1.165) is 77.0 Å². The lowest BCUT2D eigenvalue weighted by molar-refractivity contribution is -0.870. The minimum absolute atomic E-state index is 0.0320. The lowest BCUT2D eigenvalue weighted by atomic mass is 10.0. The zero-order chi connectivity index (χ0) is 71.1. The zero-order valence-electron chi connectivity index (χ0n) is 65.8. The quantitative estimate of drug-likeness (QED) is 0.0211. The van der Waals surface area contributed by atoms with Gasteiger partial charge in [0.05, 0.1) is 27.7 Å². The van der Waals surface area contributed by atoms with Crippen molar-refractivity contribution < 1.29 is 42.1 Å². The average Bonchev–Trinajstić information content (AvgIpc) is 1.08. The van der Waals surface area contributed by atoms with Crippen molar-refractivity contribution in [3.63, 3.8) is 0 Å². The molecule has 98 heavy (non-hydrogen) atoms. The van der Waals surface area contributed by atoms with Crippen LogP contribution in [0.15, 0.2) is 72.9 Å². The maximum Gasteiger partial charge on any atom is 0.472 e. The van der Waals surface area contributed by atoms with E-state index in [2.05, 4.69) is 86.8 Å². The third-order valence-electron chi connectivity index (χ3n) is 19.3. The summed E-state index contributed by atoms with van der Waals surface area (Å²) in [5.41, 5.74) is 0. The molecule has 0 aliphatic carbocycles. The summed E-state index contributed by atoms with van der Waals surface area (Å²) in [5, 5.41) is 0. The minimum Gasteiger partial charge on any atom is -0.462 e. The molecular formula is C88H165NO8P+. The van der Waals surface area contributed by atoms with Crippen LogP contribution in [-0.2, 0) is 32.7 Å². The molecule has 0 saturated carbocycles.